The number of hydrogen-bond donors (Lipinski definition) is 2. The molecule has 0 amide bonds. The van der Waals surface area contributed by atoms with Gasteiger partial charge in [0.25, 0.3) is 0 Å². The van der Waals surface area contributed by atoms with Gasteiger partial charge in [-0.1, -0.05) is 0 Å². The summed E-state index contributed by atoms with van der Waals surface area (Å²) in [7, 11) is 0. The SMILES string of the molecule is N#Cc1cc(C(=O)c2nc(Nc3ccn[nH]3)n3cccc3n2)ccc1F. The third-order valence-corrected chi connectivity index (χ3v) is 3.69. The van der Waals surface area contributed by atoms with E-state index in [-0.39, 0.29) is 17.0 Å². The zero-order chi connectivity index (χ0) is 18.1. The molecule has 3 aromatic heterocycles. The van der Waals surface area contributed by atoms with Crippen LogP contribution in [-0.4, -0.2) is 30.3 Å². The topological polar surface area (TPSA) is 112 Å². The average molecular weight is 347 g/mol. The van der Waals surface area contributed by atoms with Crippen LogP contribution in [0, 0.1) is 17.1 Å². The van der Waals surface area contributed by atoms with Crippen LogP contribution in [0.4, 0.5) is 16.2 Å². The summed E-state index contributed by atoms with van der Waals surface area (Å²) in [4.78, 5) is 21.2. The lowest BCUT2D eigenvalue weighted by atomic mass is 10.1. The van der Waals surface area contributed by atoms with Crippen LogP contribution >= 0.6 is 0 Å². The number of benzene rings is 1. The fourth-order valence-corrected chi connectivity index (χ4v) is 2.45. The smallest absolute Gasteiger partial charge is 0.230 e. The zero-order valence-corrected chi connectivity index (χ0v) is 13.1. The molecule has 4 rings (SSSR count). The average Bonchev–Trinajstić information content (AvgIpc) is 3.33. The molecule has 0 saturated heterocycles. The summed E-state index contributed by atoms with van der Waals surface area (Å²) in [5.74, 6) is -0.332. The first-order valence-electron chi connectivity index (χ1n) is 7.51. The summed E-state index contributed by atoms with van der Waals surface area (Å²) in [5, 5.41) is 18.6. The van der Waals surface area contributed by atoms with Gasteiger partial charge in [0.05, 0.1) is 11.8 Å². The van der Waals surface area contributed by atoms with Gasteiger partial charge in [0, 0.05) is 17.8 Å². The van der Waals surface area contributed by atoms with Crippen molar-refractivity contribution in [1.29, 1.82) is 5.26 Å². The van der Waals surface area contributed by atoms with Gasteiger partial charge in [-0.3, -0.25) is 14.3 Å². The Balaban J connectivity index is 1.79. The fraction of sp³-hybridized carbons (Fsp3) is 0. The Hall–Kier alpha value is -4.06. The summed E-state index contributed by atoms with van der Waals surface area (Å²) in [6.45, 7) is 0. The number of rotatable bonds is 4. The third-order valence-electron chi connectivity index (χ3n) is 3.69. The molecule has 26 heavy (non-hydrogen) atoms. The Morgan fingerprint density at radius 3 is 2.92 bits per heavy atom. The van der Waals surface area contributed by atoms with E-state index >= 15 is 0 Å². The Labute approximate surface area is 145 Å². The van der Waals surface area contributed by atoms with Gasteiger partial charge in [0.2, 0.25) is 17.6 Å². The molecule has 126 valence electrons. The maximum Gasteiger partial charge on any atom is 0.230 e. The number of nitrogens with zero attached hydrogens (tertiary/aromatic N) is 5. The maximum absolute atomic E-state index is 13.5. The molecule has 0 unspecified atom stereocenters. The van der Waals surface area contributed by atoms with Gasteiger partial charge in [-0.15, -0.1) is 0 Å². The van der Waals surface area contributed by atoms with Crippen molar-refractivity contribution in [2.75, 3.05) is 5.32 Å². The van der Waals surface area contributed by atoms with E-state index in [1.807, 2.05) is 0 Å². The monoisotopic (exact) mass is 347 g/mol. The van der Waals surface area contributed by atoms with Gasteiger partial charge in [-0.25, -0.2) is 9.37 Å². The molecule has 0 aliphatic rings. The lowest BCUT2D eigenvalue weighted by Crippen LogP contribution is -2.12. The minimum absolute atomic E-state index is 0.0753. The Morgan fingerprint density at radius 1 is 1.27 bits per heavy atom. The van der Waals surface area contributed by atoms with E-state index < -0.39 is 11.6 Å². The van der Waals surface area contributed by atoms with Crippen molar-refractivity contribution in [3.8, 4) is 6.07 Å². The Morgan fingerprint density at radius 2 is 2.15 bits per heavy atom. The van der Waals surface area contributed by atoms with E-state index in [4.69, 9.17) is 5.26 Å². The standard InChI is InChI=1S/C17H10FN7O/c18-12-4-3-10(8-11(12)9-19)15(26)16-22-14-2-1-7-25(14)17(23-16)21-13-5-6-20-24-13/h1-8H,(H2,20,21,22,23,24). The normalized spacial score (nSPS) is 10.6. The number of anilines is 2. The molecular weight excluding hydrogens is 337 g/mol. The second-order valence-corrected chi connectivity index (χ2v) is 5.34. The van der Waals surface area contributed by atoms with Gasteiger partial charge in [0.1, 0.15) is 23.4 Å². The number of nitrogens with one attached hydrogen (secondary N) is 2. The number of hydrogen-bond acceptors (Lipinski definition) is 6. The first kappa shape index (κ1) is 15.5. The first-order chi connectivity index (χ1) is 12.7. The third kappa shape index (κ3) is 2.65. The molecule has 0 aliphatic heterocycles. The van der Waals surface area contributed by atoms with Gasteiger partial charge in [-0.2, -0.15) is 15.3 Å². The summed E-state index contributed by atoms with van der Waals surface area (Å²) >= 11 is 0. The zero-order valence-electron chi connectivity index (χ0n) is 13.1. The second kappa shape index (κ2) is 6.10. The van der Waals surface area contributed by atoms with Crippen LogP contribution in [-0.2, 0) is 0 Å². The van der Waals surface area contributed by atoms with E-state index in [0.717, 1.165) is 6.07 Å². The Bertz CT molecular complexity index is 1160. The minimum Gasteiger partial charge on any atom is -0.310 e. The number of carbonyl (C=O) groups is 1. The molecule has 4 aromatic rings. The largest absolute Gasteiger partial charge is 0.310 e. The van der Waals surface area contributed by atoms with Crippen molar-refractivity contribution in [2.24, 2.45) is 0 Å². The number of ketones is 1. The van der Waals surface area contributed by atoms with Crippen molar-refractivity contribution in [2.45, 2.75) is 0 Å². The number of aromatic nitrogens is 5. The predicted octanol–water partition coefficient (Wildman–Crippen LogP) is 2.44. The number of H-pyrrole nitrogens is 1. The summed E-state index contributed by atoms with van der Waals surface area (Å²) in [6, 6.07) is 10.5. The Kier molecular flexibility index (Phi) is 3.63. The van der Waals surface area contributed by atoms with Crippen molar-refractivity contribution < 1.29 is 9.18 Å². The second-order valence-electron chi connectivity index (χ2n) is 5.34. The number of nitriles is 1. The lowest BCUT2D eigenvalue weighted by molar-refractivity contribution is 0.102. The van der Waals surface area contributed by atoms with Gasteiger partial charge in [0.15, 0.2) is 0 Å². The van der Waals surface area contributed by atoms with Crippen LogP contribution in [0.1, 0.15) is 21.7 Å². The molecule has 0 saturated carbocycles. The molecule has 8 nitrogen and oxygen atoms in total. The summed E-state index contributed by atoms with van der Waals surface area (Å²) in [6.07, 6.45) is 3.32. The molecular formula is C17H10FN7O. The van der Waals surface area contributed by atoms with E-state index in [1.165, 1.54) is 12.1 Å². The highest BCUT2D eigenvalue weighted by molar-refractivity contribution is 6.07. The molecule has 0 radical (unpaired) electrons. The highest BCUT2D eigenvalue weighted by Gasteiger charge is 2.18. The molecule has 1 aromatic carbocycles. The quantitative estimate of drug-likeness (QED) is 0.548. The molecule has 0 atom stereocenters. The molecule has 0 bridgehead atoms. The van der Waals surface area contributed by atoms with Crippen LogP contribution in [0.3, 0.4) is 0 Å². The molecule has 0 fully saturated rings. The summed E-state index contributed by atoms with van der Waals surface area (Å²) < 4.78 is 15.2. The molecule has 3 heterocycles. The van der Waals surface area contributed by atoms with E-state index in [0.29, 0.717) is 17.4 Å². The number of halogens is 1. The van der Waals surface area contributed by atoms with Crippen LogP contribution in [0.2, 0.25) is 0 Å². The van der Waals surface area contributed by atoms with E-state index in [9.17, 15) is 9.18 Å². The number of fused-ring (bicyclic) bond motifs is 1. The highest BCUT2D eigenvalue weighted by atomic mass is 19.1. The summed E-state index contributed by atoms with van der Waals surface area (Å²) in [5.41, 5.74) is 0.426. The molecule has 9 heteroatoms. The van der Waals surface area contributed by atoms with E-state index in [2.05, 4.69) is 25.5 Å². The number of carbonyl (C=O) groups excluding carboxylic acids is 1. The van der Waals surface area contributed by atoms with Crippen LogP contribution in [0.5, 0.6) is 0 Å². The highest BCUT2D eigenvalue weighted by Crippen LogP contribution is 2.17. The van der Waals surface area contributed by atoms with Crippen LogP contribution < -0.4 is 5.32 Å². The van der Waals surface area contributed by atoms with Crippen LogP contribution in [0.15, 0.2) is 48.8 Å². The van der Waals surface area contributed by atoms with Gasteiger partial charge in [-0.05, 0) is 30.3 Å². The van der Waals surface area contributed by atoms with Gasteiger partial charge < -0.3 is 5.32 Å². The van der Waals surface area contributed by atoms with Crippen molar-refractivity contribution >= 4 is 23.2 Å². The molecule has 0 spiro atoms. The van der Waals surface area contributed by atoms with Crippen molar-refractivity contribution in [1.82, 2.24) is 24.6 Å². The lowest BCUT2D eigenvalue weighted by Gasteiger charge is -2.08. The first-order valence-corrected chi connectivity index (χ1v) is 7.51. The van der Waals surface area contributed by atoms with Crippen molar-refractivity contribution in [3.05, 3.63) is 71.6 Å². The van der Waals surface area contributed by atoms with E-state index in [1.54, 1.807) is 41.1 Å². The fourth-order valence-electron chi connectivity index (χ4n) is 2.45. The van der Waals surface area contributed by atoms with Crippen molar-refractivity contribution in [3.63, 3.8) is 0 Å². The minimum atomic E-state index is -0.686. The van der Waals surface area contributed by atoms with Crippen LogP contribution in [0.25, 0.3) is 5.65 Å². The maximum atomic E-state index is 13.5. The number of aromatic amines is 1. The molecule has 0 aliphatic carbocycles. The predicted molar refractivity (Wildman–Crippen MR) is 89.4 cm³/mol. The molecule has 2 N–H and O–H groups in total. The van der Waals surface area contributed by atoms with Gasteiger partial charge >= 0.3 is 0 Å².